The van der Waals surface area contributed by atoms with Crippen molar-refractivity contribution in [3.05, 3.63) is 59.2 Å². The quantitative estimate of drug-likeness (QED) is 0.922. The number of benzene rings is 2. The first-order chi connectivity index (χ1) is 9.60. The summed E-state index contributed by atoms with van der Waals surface area (Å²) in [6.07, 6.45) is -0.0918. The molecular weight excluding hydrogens is 254 g/mol. The summed E-state index contributed by atoms with van der Waals surface area (Å²) >= 11 is 0. The molecule has 0 aliphatic rings. The molecule has 0 aromatic heterocycles. The lowest BCUT2D eigenvalue weighted by Crippen LogP contribution is -2.01. The van der Waals surface area contributed by atoms with Gasteiger partial charge in [-0.1, -0.05) is 18.2 Å². The third-order valence-electron chi connectivity index (χ3n) is 2.86. The van der Waals surface area contributed by atoms with Crippen molar-refractivity contribution < 1.29 is 14.6 Å². The summed E-state index contributed by atoms with van der Waals surface area (Å²) in [5.74, 6) is 0.190. The molecule has 2 aromatic rings. The minimum absolute atomic E-state index is 0.0918. The molecule has 0 spiro atoms. The maximum atomic E-state index is 10.8. The SMILES string of the molecule is Cc1cc(Oc2ccccc2CC(=O)O)ccc1C#N. The number of nitrogens with zero attached hydrogens (tertiary/aromatic N) is 1. The lowest BCUT2D eigenvalue weighted by molar-refractivity contribution is -0.136. The van der Waals surface area contributed by atoms with E-state index in [4.69, 9.17) is 15.1 Å². The van der Waals surface area contributed by atoms with Crippen molar-refractivity contribution in [3.63, 3.8) is 0 Å². The van der Waals surface area contributed by atoms with Gasteiger partial charge in [0.2, 0.25) is 0 Å². The Morgan fingerprint density at radius 1 is 1.30 bits per heavy atom. The van der Waals surface area contributed by atoms with Gasteiger partial charge in [-0.2, -0.15) is 5.26 Å². The van der Waals surface area contributed by atoms with Gasteiger partial charge in [-0.15, -0.1) is 0 Å². The number of rotatable bonds is 4. The fraction of sp³-hybridized carbons (Fsp3) is 0.125. The van der Waals surface area contributed by atoms with Crippen molar-refractivity contribution in [2.75, 3.05) is 0 Å². The van der Waals surface area contributed by atoms with Crippen molar-refractivity contribution in [3.8, 4) is 17.6 Å². The maximum absolute atomic E-state index is 10.8. The van der Waals surface area contributed by atoms with Gasteiger partial charge in [0.15, 0.2) is 0 Å². The number of hydrogen-bond acceptors (Lipinski definition) is 3. The van der Waals surface area contributed by atoms with Crippen LogP contribution in [0.4, 0.5) is 0 Å². The molecule has 0 unspecified atom stereocenters. The average Bonchev–Trinajstić information content (AvgIpc) is 2.41. The first-order valence-electron chi connectivity index (χ1n) is 6.08. The summed E-state index contributed by atoms with van der Waals surface area (Å²) in [4.78, 5) is 10.8. The summed E-state index contributed by atoms with van der Waals surface area (Å²) in [6, 6.07) is 14.2. The first kappa shape index (κ1) is 13.6. The standard InChI is InChI=1S/C16H13NO3/c1-11-8-14(7-6-13(11)10-17)20-15-5-3-2-4-12(15)9-16(18)19/h2-8H,9H2,1H3,(H,18,19). The van der Waals surface area contributed by atoms with E-state index in [9.17, 15) is 4.79 Å². The van der Waals surface area contributed by atoms with Gasteiger partial charge in [-0.05, 0) is 36.8 Å². The van der Waals surface area contributed by atoms with Crippen molar-refractivity contribution in [2.45, 2.75) is 13.3 Å². The van der Waals surface area contributed by atoms with Gasteiger partial charge in [-0.3, -0.25) is 4.79 Å². The third kappa shape index (κ3) is 3.15. The molecule has 0 fully saturated rings. The van der Waals surface area contributed by atoms with Crippen molar-refractivity contribution >= 4 is 5.97 Å². The molecule has 0 aliphatic carbocycles. The Hall–Kier alpha value is -2.80. The van der Waals surface area contributed by atoms with E-state index in [2.05, 4.69) is 6.07 Å². The molecule has 4 nitrogen and oxygen atoms in total. The van der Waals surface area contributed by atoms with Crippen LogP contribution in [0.3, 0.4) is 0 Å². The van der Waals surface area contributed by atoms with E-state index in [1.807, 2.05) is 6.92 Å². The largest absolute Gasteiger partial charge is 0.481 e. The Labute approximate surface area is 116 Å². The summed E-state index contributed by atoms with van der Waals surface area (Å²) in [5, 5.41) is 17.8. The zero-order valence-electron chi connectivity index (χ0n) is 11.0. The number of nitriles is 1. The second-order valence-electron chi connectivity index (χ2n) is 4.37. The van der Waals surface area contributed by atoms with Crippen LogP contribution in [0.25, 0.3) is 0 Å². The second kappa shape index (κ2) is 5.89. The molecule has 0 heterocycles. The fourth-order valence-electron chi connectivity index (χ4n) is 1.86. The van der Waals surface area contributed by atoms with E-state index in [0.29, 0.717) is 22.6 Å². The lowest BCUT2D eigenvalue weighted by Gasteiger charge is -2.10. The minimum atomic E-state index is -0.906. The van der Waals surface area contributed by atoms with Crippen LogP contribution in [0, 0.1) is 18.3 Å². The summed E-state index contributed by atoms with van der Waals surface area (Å²) in [6.45, 7) is 1.83. The Bertz CT molecular complexity index is 686. The van der Waals surface area contributed by atoms with E-state index in [0.717, 1.165) is 5.56 Å². The van der Waals surface area contributed by atoms with Crippen LogP contribution in [-0.4, -0.2) is 11.1 Å². The number of carboxylic acid groups (broad SMARTS) is 1. The zero-order chi connectivity index (χ0) is 14.5. The molecule has 2 aromatic carbocycles. The minimum Gasteiger partial charge on any atom is -0.481 e. The van der Waals surface area contributed by atoms with E-state index >= 15 is 0 Å². The highest BCUT2D eigenvalue weighted by Gasteiger charge is 2.09. The number of ether oxygens (including phenoxy) is 1. The lowest BCUT2D eigenvalue weighted by atomic mass is 10.1. The molecule has 1 N–H and O–H groups in total. The first-order valence-corrected chi connectivity index (χ1v) is 6.08. The topological polar surface area (TPSA) is 70.3 Å². The molecule has 0 saturated carbocycles. The number of carbonyl (C=O) groups is 1. The Balaban J connectivity index is 2.28. The smallest absolute Gasteiger partial charge is 0.307 e. The molecule has 2 rings (SSSR count). The highest BCUT2D eigenvalue weighted by molar-refractivity contribution is 5.71. The van der Waals surface area contributed by atoms with Gasteiger partial charge in [0.1, 0.15) is 11.5 Å². The van der Waals surface area contributed by atoms with E-state index in [1.54, 1.807) is 42.5 Å². The predicted molar refractivity (Wildman–Crippen MR) is 73.7 cm³/mol. The van der Waals surface area contributed by atoms with Gasteiger partial charge in [0.25, 0.3) is 0 Å². The van der Waals surface area contributed by atoms with Gasteiger partial charge < -0.3 is 9.84 Å². The van der Waals surface area contributed by atoms with E-state index in [1.165, 1.54) is 0 Å². The molecule has 4 heteroatoms. The zero-order valence-corrected chi connectivity index (χ0v) is 11.0. The number of hydrogen-bond donors (Lipinski definition) is 1. The number of para-hydroxylation sites is 1. The summed E-state index contributed by atoms with van der Waals surface area (Å²) in [7, 11) is 0. The Kier molecular flexibility index (Phi) is 4.02. The van der Waals surface area contributed by atoms with Crippen LogP contribution in [0.2, 0.25) is 0 Å². The highest BCUT2D eigenvalue weighted by atomic mass is 16.5. The molecule has 0 radical (unpaired) electrons. The molecule has 0 atom stereocenters. The van der Waals surface area contributed by atoms with Crippen LogP contribution < -0.4 is 4.74 Å². The highest BCUT2D eigenvalue weighted by Crippen LogP contribution is 2.27. The molecule has 100 valence electrons. The van der Waals surface area contributed by atoms with Crippen LogP contribution >= 0.6 is 0 Å². The van der Waals surface area contributed by atoms with Crippen LogP contribution in [0.15, 0.2) is 42.5 Å². The molecule has 0 bridgehead atoms. The molecule has 0 saturated heterocycles. The molecule has 0 aliphatic heterocycles. The van der Waals surface area contributed by atoms with Crippen LogP contribution in [0.1, 0.15) is 16.7 Å². The number of aliphatic carboxylic acids is 1. The van der Waals surface area contributed by atoms with E-state index < -0.39 is 5.97 Å². The van der Waals surface area contributed by atoms with Crippen molar-refractivity contribution in [1.29, 1.82) is 5.26 Å². The second-order valence-corrected chi connectivity index (χ2v) is 4.37. The van der Waals surface area contributed by atoms with Crippen molar-refractivity contribution in [2.24, 2.45) is 0 Å². The maximum Gasteiger partial charge on any atom is 0.307 e. The normalized spacial score (nSPS) is 9.80. The van der Waals surface area contributed by atoms with E-state index in [-0.39, 0.29) is 6.42 Å². The van der Waals surface area contributed by atoms with Gasteiger partial charge in [-0.25, -0.2) is 0 Å². The number of aryl methyl sites for hydroxylation is 1. The van der Waals surface area contributed by atoms with Crippen LogP contribution in [0.5, 0.6) is 11.5 Å². The molecule has 20 heavy (non-hydrogen) atoms. The van der Waals surface area contributed by atoms with Crippen molar-refractivity contribution in [1.82, 2.24) is 0 Å². The average molecular weight is 267 g/mol. The van der Waals surface area contributed by atoms with Gasteiger partial charge >= 0.3 is 5.97 Å². The third-order valence-corrected chi connectivity index (χ3v) is 2.86. The molecular formula is C16H13NO3. The molecule has 0 amide bonds. The van der Waals surface area contributed by atoms with Gasteiger partial charge in [0.05, 0.1) is 18.1 Å². The Morgan fingerprint density at radius 3 is 2.70 bits per heavy atom. The summed E-state index contributed by atoms with van der Waals surface area (Å²) < 4.78 is 5.72. The Morgan fingerprint density at radius 2 is 2.05 bits per heavy atom. The van der Waals surface area contributed by atoms with Crippen LogP contribution in [-0.2, 0) is 11.2 Å². The number of carboxylic acids is 1. The monoisotopic (exact) mass is 267 g/mol. The summed E-state index contributed by atoms with van der Waals surface area (Å²) in [5.41, 5.74) is 2.03. The fourth-order valence-corrected chi connectivity index (χ4v) is 1.86. The van der Waals surface area contributed by atoms with Gasteiger partial charge in [0, 0.05) is 5.56 Å². The predicted octanol–water partition coefficient (Wildman–Crippen LogP) is 3.29.